The second-order valence-electron chi connectivity index (χ2n) is 4.53. The zero-order valence-corrected chi connectivity index (χ0v) is 11.6. The number of rotatable bonds is 2. The Bertz CT molecular complexity index is 428. The molecule has 0 unspecified atom stereocenters. The molecule has 0 spiro atoms. The third-order valence-corrected chi connectivity index (χ3v) is 4.11. The van der Waals surface area contributed by atoms with Gasteiger partial charge in [-0.05, 0) is 19.9 Å². The van der Waals surface area contributed by atoms with Crippen LogP contribution in [0, 0.1) is 6.92 Å². The topological polar surface area (TPSA) is 63.2 Å². The molecule has 1 aromatic heterocycles. The second-order valence-corrected chi connectivity index (χ2v) is 5.39. The van der Waals surface area contributed by atoms with Gasteiger partial charge in [-0.15, -0.1) is 23.7 Å². The number of carbonyl (C=O) groups excluding carboxylic acids is 1. The van der Waals surface area contributed by atoms with Crippen LogP contribution in [0.4, 0.5) is 5.13 Å². The molecule has 0 radical (unpaired) electrons. The van der Waals surface area contributed by atoms with E-state index < -0.39 is 0 Å². The highest BCUT2D eigenvalue weighted by Crippen LogP contribution is 2.27. The molecule has 0 aromatic carbocycles. The summed E-state index contributed by atoms with van der Waals surface area (Å²) in [6.45, 7) is 2.90. The number of hydrogen-bond donors (Lipinski definition) is 2. The highest BCUT2D eigenvalue weighted by molar-refractivity contribution is 7.13. The van der Waals surface area contributed by atoms with E-state index in [0.717, 1.165) is 25.1 Å². The molecule has 2 saturated heterocycles. The van der Waals surface area contributed by atoms with E-state index in [4.69, 9.17) is 4.74 Å². The Morgan fingerprint density at radius 1 is 1.67 bits per heavy atom. The predicted molar refractivity (Wildman–Crippen MR) is 72.4 cm³/mol. The van der Waals surface area contributed by atoms with Gasteiger partial charge in [-0.1, -0.05) is 0 Å². The Balaban J connectivity index is 0.00000120. The molecule has 3 atom stereocenters. The van der Waals surface area contributed by atoms with Crippen molar-refractivity contribution in [2.45, 2.75) is 38.0 Å². The molecule has 3 rings (SSSR count). The van der Waals surface area contributed by atoms with Crippen LogP contribution in [0.3, 0.4) is 0 Å². The first-order chi connectivity index (χ1) is 8.22. The minimum atomic E-state index is -0.331. The maximum Gasteiger partial charge on any atom is 0.255 e. The largest absolute Gasteiger partial charge is 0.363 e. The zero-order chi connectivity index (χ0) is 11.8. The number of nitrogens with one attached hydrogen (secondary N) is 2. The molecule has 2 fully saturated rings. The molecule has 1 amide bonds. The summed E-state index contributed by atoms with van der Waals surface area (Å²) < 4.78 is 5.73. The summed E-state index contributed by atoms with van der Waals surface area (Å²) >= 11 is 1.44. The fourth-order valence-electron chi connectivity index (χ4n) is 2.40. The van der Waals surface area contributed by atoms with E-state index in [9.17, 15) is 4.79 Å². The summed E-state index contributed by atoms with van der Waals surface area (Å²) in [5.74, 6) is -0.0736. The van der Waals surface area contributed by atoms with Crippen molar-refractivity contribution in [2.24, 2.45) is 0 Å². The van der Waals surface area contributed by atoms with Gasteiger partial charge < -0.3 is 10.1 Å². The van der Waals surface area contributed by atoms with E-state index >= 15 is 0 Å². The Morgan fingerprint density at radius 3 is 3.17 bits per heavy atom. The van der Waals surface area contributed by atoms with E-state index in [1.54, 1.807) is 0 Å². The number of anilines is 1. The lowest BCUT2D eigenvalue weighted by molar-refractivity contribution is -0.126. The van der Waals surface area contributed by atoms with E-state index in [0.29, 0.717) is 11.2 Å². The molecular formula is C11H16ClN3O2S. The van der Waals surface area contributed by atoms with Crippen LogP contribution < -0.4 is 10.6 Å². The summed E-state index contributed by atoms with van der Waals surface area (Å²) in [5, 5.41) is 8.73. The van der Waals surface area contributed by atoms with Gasteiger partial charge in [0.1, 0.15) is 6.10 Å². The number of carbonyl (C=O) groups is 1. The minimum absolute atomic E-state index is 0. The van der Waals surface area contributed by atoms with Crippen LogP contribution in [-0.2, 0) is 9.53 Å². The molecule has 2 N–H and O–H groups in total. The van der Waals surface area contributed by atoms with Gasteiger partial charge in [-0.2, -0.15) is 0 Å². The molecule has 2 aliphatic rings. The number of ether oxygens (including phenoxy) is 1. The first-order valence-corrected chi connectivity index (χ1v) is 6.72. The number of thiazole rings is 1. The van der Waals surface area contributed by atoms with E-state index in [1.807, 2.05) is 12.3 Å². The van der Waals surface area contributed by atoms with Gasteiger partial charge in [0.15, 0.2) is 5.13 Å². The van der Waals surface area contributed by atoms with Crippen molar-refractivity contribution >= 4 is 34.8 Å². The molecule has 2 aliphatic heterocycles. The fraction of sp³-hybridized carbons (Fsp3) is 0.636. The molecule has 0 aliphatic carbocycles. The zero-order valence-electron chi connectivity index (χ0n) is 10.0. The molecule has 18 heavy (non-hydrogen) atoms. The lowest BCUT2D eigenvalue weighted by Gasteiger charge is -2.10. The molecule has 5 nitrogen and oxygen atoms in total. The lowest BCUT2D eigenvalue weighted by atomic mass is 10.1. The minimum Gasteiger partial charge on any atom is -0.363 e. The van der Waals surface area contributed by atoms with Crippen molar-refractivity contribution in [3.8, 4) is 0 Å². The third-order valence-electron chi connectivity index (χ3n) is 3.23. The van der Waals surface area contributed by atoms with Crippen molar-refractivity contribution in [2.75, 3.05) is 11.9 Å². The maximum absolute atomic E-state index is 12.0. The molecule has 7 heteroatoms. The monoisotopic (exact) mass is 289 g/mol. The van der Waals surface area contributed by atoms with Crippen LogP contribution in [0.5, 0.6) is 0 Å². The Hall–Kier alpha value is -0.690. The fourth-order valence-corrected chi connectivity index (χ4v) is 3.10. The van der Waals surface area contributed by atoms with Gasteiger partial charge in [-0.25, -0.2) is 4.98 Å². The number of fused-ring (bicyclic) bond motifs is 1. The first kappa shape index (κ1) is 13.7. The Morgan fingerprint density at radius 2 is 2.50 bits per heavy atom. The lowest BCUT2D eigenvalue weighted by Crippen LogP contribution is -2.29. The van der Waals surface area contributed by atoms with Gasteiger partial charge in [0, 0.05) is 17.8 Å². The number of aromatic nitrogens is 1. The molecule has 3 heterocycles. The standard InChI is InChI=1S/C11H15N3O2S.ClH/c1-6-5-17-11(13-6)14-10(15)9-4-7-8(16-9)2-3-12-7;/h5,7-9,12H,2-4H2,1H3,(H,13,14,15);1H/t7-,8-,9-;/m1./s1. The smallest absolute Gasteiger partial charge is 0.255 e. The van der Waals surface area contributed by atoms with Crippen molar-refractivity contribution in [3.63, 3.8) is 0 Å². The number of aryl methyl sites for hydroxylation is 1. The van der Waals surface area contributed by atoms with Gasteiger partial charge in [-0.3, -0.25) is 10.1 Å². The van der Waals surface area contributed by atoms with E-state index in [2.05, 4.69) is 15.6 Å². The van der Waals surface area contributed by atoms with Crippen molar-refractivity contribution in [3.05, 3.63) is 11.1 Å². The van der Waals surface area contributed by atoms with Crippen LogP contribution >= 0.6 is 23.7 Å². The highest BCUT2D eigenvalue weighted by Gasteiger charge is 2.41. The van der Waals surface area contributed by atoms with Crippen LogP contribution in [-0.4, -0.2) is 35.7 Å². The Kier molecular flexibility index (Phi) is 4.21. The van der Waals surface area contributed by atoms with E-state index in [-0.39, 0.29) is 30.5 Å². The number of hydrogen-bond acceptors (Lipinski definition) is 5. The molecule has 100 valence electrons. The normalized spacial score (nSPS) is 29.7. The maximum atomic E-state index is 12.0. The number of halogens is 1. The number of amides is 1. The van der Waals surface area contributed by atoms with Gasteiger partial charge >= 0.3 is 0 Å². The van der Waals surface area contributed by atoms with Crippen molar-refractivity contribution in [1.82, 2.24) is 10.3 Å². The average molecular weight is 290 g/mol. The summed E-state index contributed by atoms with van der Waals surface area (Å²) in [5.41, 5.74) is 0.927. The molecule has 0 bridgehead atoms. The highest BCUT2D eigenvalue weighted by atomic mass is 35.5. The van der Waals surface area contributed by atoms with Gasteiger partial charge in [0.2, 0.25) is 0 Å². The number of nitrogens with zero attached hydrogens (tertiary/aromatic N) is 1. The SMILES string of the molecule is Cc1csc(NC(=O)[C@H]2C[C@H]3NCC[C@H]3O2)n1.Cl. The quantitative estimate of drug-likeness (QED) is 0.862. The average Bonchev–Trinajstić information content (AvgIpc) is 2.92. The molecule has 1 aromatic rings. The van der Waals surface area contributed by atoms with E-state index in [1.165, 1.54) is 11.3 Å². The third kappa shape index (κ3) is 2.66. The van der Waals surface area contributed by atoms with Crippen LogP contribution in [0.25, 0.3) is 0 Å². The van der Waals surface area contributed by atoms with Crippen LogP contribution in [0.15, 0.2) is 5.38 Å². The van der Waals surface area contributed by atoms with Gasteiger partial charge in [0.25, 0.3) is 5.91 Å². The van der Waals surface area contributed by atoms with Crippen molar-refractivity contribution in [1.29, 1.82) is 0 Å². The van der Waals surface area contributed by atoms with Crippen LogP contribution in [0.1, 0.15) is 18.5 Å². The first-order valence-electron chi connectivity index (χ1n) is 5.84. The summed E-state index contributed by atoms with van der Waals surface area (Å²) in [7, 11) is 0. The second kappa shape index (κ2) is 5.52. The molecular weight excluding hydrogens is 274 g/mol. The van der Waals surface area contributed by atoms with Crippen LogP contribution in [0.2, 0.25) is 0 Å². The Labute approximate surface area is 116 Å². The summed E-state index contributed by atoms with van der Waals surface area (Å²) in [6, 6.07) is 0.351. The molecule has 0 saturated carbocycles. The van der Waals surface area contributed by atoms with Crippen molar-refractivity contribution < 1.29 is 9.53 Å². The predicted octanol–water partition coefficient (Wildman–Crippen LogP) is 1.33. The summed E-state index contributed by atoms with van der Waals surface area (Å²) in [4.78, 5) is 16.2. The van der Waals surface area contributed by atoms with Gasteiger partial charge in [0.05, 0.1) is 11.8 Å². The summed E-state index contributed by atoms with van der Waals surface area (Å²) in [6.07, 6.45) is 1.65.